The molecule has 0 bridgehead atoms. The molecule has 1 aromatic carbocycles. The Labute approximate surface area is 217 Å². The molecule has 0 aliphatic carbocycles. The van der Waals surface area contributed by atoms with E-state index in [2.05, 4.69) is 15.7 Å². The summed E-state index contributed by atoms with van der Waals surface area (Å²) in [7, 11) is 3.42. The van der Waals surface area contributed by atoms with Crippen LogP contribution in [0.3, 0.4) is 0 Å². The van der Waals surface area contributed by atoms with E-state index >= 15 is 0 Å². The highest BCUT2D eigenvalue weighted by Crippen LogP contribution is 2.36. The molecule has 182 valence electrons. The summed E-state index contributed by atoms with van der Waals surface area (Å²) in [5.41, 5.74) is 2.08. The third-order valence-electron chi connectivity index (χ3n) is 6.07. The predicted molar refractivity (Wildman–Crippen MR) is 134 cm³/mol. The Kier molecular flexibility index (Phi) is 8.12. The van der Waals surface area contributed by atoms with Crippen LogP contribution in [0.4, 0.5) is 0 Å². The van der Waals surface area contributed by atoms with Gasteiger partial charge in [-0.1, -0.05) is 40.9 Å². The van der Waals surface area contributed by atoms with Gasteiger partial charge < -0.3 is 19.8 Å². The van der Waals surface area contributed by atoms with Crippen LogP contribution in [0.1, 0.15) is 34.9 Å². The van der Waals surface area contributed by atoms with Crippen molar-refractivity contribution in [3.8, 4) is 11.3 Å². The minimum absolute atomic E-state index is 0.0123. The molecule has 7 nitrogen and oxygen atoms in total. The highest BCUT2D eigenvalue weighted by Gasteiger charge is 2.33. The van der Waals surface area contributed by atoms with Gasteiger partial charge in [-0.15, -0.1) is 0 Å². The average Bonchev–Trinajstić information content (AvgIpc) is 3.35. The lowest BCUT2D eigenvalue weighted by Crippen LogP contribution is -2.53. The number of ether oxygens (including phenoxy) is 1. The summed E-state index contributed by atoms with van der Waals surface area (Å²) in [6, 6.07) is 7.19. The highest BCUT2D eigenvalue weighted by atomic mass is 35.5. The standard InChI is InChI=1S/C23H24Cl4N4O3/c1-31-21(18(26)10-29-31)15-9-20(34-22(15)27)23(32)30-19-11-28-13(5-6-33-2)8-14(19)12-3-4-16(24)17(25)7-12/h3-4,7,9-10,13-14,19,28H,5-6,8,11H2,1-2H3,(H,30,32)/t13-,14+,19-/m1/s1. The molecule has 1 fully saturated rings. The quantitative estimate of drug-likeness (QED) is 0.405. The van der Waals surface area contributed by atoms with E-state index in [1.54, 1.807) is 31.0 Å². The number of nitrogens with zero attached hydrogens (tertiary/aromatic N) is 2. The second-order valence-electron chi connectivity index (χ2n) is 8.25. The molecule has 3 atom stereocenters. The van der Waals surface area contributed by atoms with Gasteiger partial charge in [0.2, 0.25) is 5.22 Å². The third-order valence-corrected chi connectivity index (χ3v) is 7.37. The largest absolute Gasteiger partial charge is 0.439 e. The number of halogens is 4. The van der Waals surface area contributed by atoms with Crippen LogP contribution < -0.4 is 10.6 Å². The van der Waals surface area contributed by atoms with Crippen molar-refractivity contribution in [3.05, 3.63) is 62.1 Å². The van der Waals surface area contributed by atoms with E-state index in [0.717, 1.165) is 18.4 Å². The fraction of sp³-hybridized carbons (Fsp3) is 0.391. The van der Waals surface area contributed by atoms with Gasteiger partial charge in [0, 0.05) is 51.4 Å². The second kappa shape index (κ2) is 10.9. The molecule has 0 saturated carbocycles. The van der Waals surface area contributed by atoms with Crippen LogP contribution in [0, 0.1) is 0 Å². The first kappa shape index (κ1) is 25.4. The van der Waals surface area contributed by atoms with Crippen LogP contribution in [0.5, 0.6) is 0 Å². The first-order chi connectivity index (χ1) is 16.3. The summed E-state index contributed by atoms with van der Waals surface area (Å²) in [5, 5.41) is 12.2. The summed E-state index contributed by atoms with van der Waals surface area (Å²) < 4.78 is 12.4. The number of rotatable bonds is 7. The smallest absolute Gasteiger partial charge is 0.287 e. The van der Waals surface area contributed by atoms with Crippen molar-refractivity contribution in [2.75, 3.05) is 20.3 Å². The molecule has 3 aromatic rings. The monoisotopic (exact) mass is 544 g/mol. The van der Waals surface area contributed by atoms with E-state index in [-0.39, 0.29) is 34.9 Å². The number of piperidine rings is 1. The number of carbonyl (C=O) groups excluding carboxylic acids is 1. The number of aromatic nitrogens is 2. The van der Waals surface area contributed by atoms with Crippen LogP contribution in [-0.2, 0) is 11.8 Å². The molecule has 4 rings (SSSR count). The van der Waals surface area contributed by atoms with Crippen molar-refractivity contribution in [1.29, 1.82) is 0 Å². The Bertz CT molecular complexity index is 1160. The first-order valence-corrected chi connectivity index (χ1v) is 12.2. The molecular weight excluding hydrogens is 522 g/mol. The Hall–Kier alpha value is -1.74. The fourth-order valence-corrected chi connectivity index (χ4v) is 5.13. The van der Waals surface area contributed by atoms with Crippen molar-refractivity contribution in [2.45, 2.75) is 30.8 Å². The van der Waals surface area contributed by atoms with Gasteiger partial charge in [0.1, 0.15) is 0 Å². The molecule has 3 heterocycles. The molecule has 0 unspecified atom stereocenters. The van der Waals surface area contributed by atoms with Crippen LogP contribution in [-0.4, -0.2) is 48.0 Å². The summed E-state index contributed by atoms with van der Waals surface area (Å²) in [4.78, 5) is 13.2. The normalized spacial score (nSPS) is 20.5. The zero-order chi connectivity index (χ0) is 24.4. The number of methoxy groups -OCH3 is 1. The van der Waals surface area contributed by atoms with Crippen LogP contribution in [0.2, 0.25) is 20.3 Å². The van der Waals surface area contributed by atoms with Gasteiger partial charge in [-0.05, 0) is 42.1 Å². The van der Waals surface area contributed by atoms with Crippen molar-refractivity contribution in [1.82, 2.24) is 20.4 Å². The SMILES string of the molecule is COCC[C@@H]1C[C@@H](c2ccc(Cl)c(Cl)c2)[C@H](NC(=O)c2cc(-c3c(Cl)cnn3C)c(Cl)o2)CN1. The predicted octanol–water partition coefficient (Wildman–Crippen LogP) is 5.57. The maximum absolute atomic E-state index is 13.2. The van der Waals surface area contributed by atoms with Gasteiger partial charge in [-0.3, -0.25) is 9.48 Å². The molecule has 1 aliphatic heterocycles. The van der Waals surface area contributed by atoms with Gasteiger partial charge in [0.15, 0.2) is 5.76 Å². The second-order valence-corrected chi connectivity index (χ2v) is 9.81. The molecule has 2 N–H and O–H groups in total. The molecule has 1 amide bonds. The topological polar surface area (TPSA) is 81.3 Å². The number of carbonyl (C=O) groups is 1. The maximum Gasteiger partial charge on any atom is 0.287 e. The van der Waals surface area contributed by atoms with E-state index < -0.39 is 0 Å². The zero-order valence-corrected chi connectivity index (χ0v) is 21.6. The first-order valence-electron chi connectivity index (χ1n) is 10.7. The molecule has 2 aromatic heterocycles. The average molecular weight is 546 g/mol. The maximum atomic E-state index is 13.2. The highest BCUT2D eigenvalue weighted by molar-refractivity contribution is 6.42. The molecule has 11 heteroatoms. The number of hydrogen-bond donors (Lipinski definition) is 2. The van der Waals surface area contributed by atoms with Crippen molar-refractivity contribution in [3.63, 3.8) is 0 Å². The number of aryl methyl sites for hydroxylation is 1. The van der Waals surface area contributed by atoms with E-state index in [1.807, 2.05) is 12.1 Å². The van der Waals surface area contributed by atoms with Gasteiger partial charge >= 0.3 is 0 Å². The summed E-state index contributed by atoms with van der Waals surface area (Å²) in [6.45, 7) is 1.22. The number of hydrogen-bond acceptors (Lipinski definition) is 5. The van der Waals surface area contributed by atoms with Crippen LogP contribution in [0.15, 0.2) is 34.9 Å². The van der Waals surface area contributed by atoms with Crippen LogP contribution in [0.25, 0.3) is 11.3 Å². The molecule has 1 saturated heterocycles. The molecule has 34 heavy (non-hydrogen) atoms. The lowest BCUT2D eigenvalue weighted by atomic mass is 9.82. The van der Waals surface area contributed by atoms with Crippen molar-refractivity contribution >= 4 is 52.3 Å². The van der Waals surface area contributed by atoms with Gasteiger partial charge in [-0.25, -0.2) is 0 Å². The Morgan fingerprint density at radius 2 is 2.03 bits per heavy atom. The van der Waals surface area contributed by atoms with Gasteiger partial charge in [0.05, 0.1) is 32.5 Å². The van der Waals surface area contributed by atoms with Crippen molar-refractivity contribution < 1.29 is 13.9 Å². The minimum Gasteiger partial charge on any atom is -0.439 e. The Balaban J connectivity index is 1.56. The Morgan fingerprint density at radius 1 is 1.24 bits per heavy atom. The molecule has 0 radical (unpaired) electrons. The molecular formula is C23H24Cl4N4O3. The zero-order valence-electron chi connectivity index (χ0n) is 18.6. The lowest BCUT2D eigenvalue weighted by molar-refractivity contribution is 0.0887. The minimum atomic E-state index is -0.376. The van der Waals surface area contributed by atoms with Gasteiger partial charge in [0.25, 0.3) is 5.91 Å². The summed E-state index contributed by atoms with van der Waals surface area (Å²) in [6.07, 6.45) is 3.16. The summed E-state index contributed by atoms with van der Waals surface area (Å²) in [5.74, 6) is -0.274. The lowest BCUT2D eigenvalue weighted by Gasteiger charge is -2.38. The number of amides is 1. The third kappa shape index (κ3) is 5.40. The van der Waals surface area contributed by atoms with Gasteiger partial charge in [-0.2, -0.15) is 5.10 Å². The van der Waals surface area contributed by atoms with Crippen molar-refractivity contribution in [2.24, 2.45) is 7.05 Å². The van der Waals surface area contributed by atoms with E-state index in [1.165, 1.54) is 6.20 Å². The molecule has 1 aliphatic rings. The number of furan rings is 1. The Morgan fingerprint density at radius 3 is 2.71 bits per heavy atom. The number of benzene rings is 1. The van der Waals surface area contributed by atoms with E-state index in [9.17, 15) is 4.79 Å². The fourth-order valence-electron chi connectivity index (χ4n) is 4.33. The number of nitrogens with one attached hydrogen (secondary N) is 2. The van der Waals surface area contributed by atoms with E-state index in [4.69, 9.17) is 55.6 Å². The summed E-state index contributed by atoms with van der Waals surface area (Å²) >= 11 is 25.0. The van der Waals surface area contributed by atoms with E-state index in [0.29, 0.717) is 39.5 Å². The molecule has 0 spiro atoms. The van der Waals surface area contributed by atoms with Crippen LogP contribution >= 0.6 is 46.4 Å².